The summed E-state index contributed by atoms with van der Waals surface area (Å²) in [5, 5.41) is 3.18. The summed E-state index contributed by atoms with van der Waals surface area (Å²) in [5.74, 6) is 0.409. The van der Waals surface area contributed by atoms with Crippen molar-refractivity contribution in [3.63, 3.8) is 0 Å². The van der Waals surface area contributed by atoms with Gasteiger partial charge in [0.1, 0.15) is 0 Å². The van der Waals surface area contributed by atoms with Crippen LogP contribution in [0.5, 0.6) is 0 Å². The zero-order valence-electron chi connectivity index (χ0n) is 9.73. The molecule has 0 saturated carbocycles. The van der Waals surface area contributed by atoms with E-state index in [0.717, 1.165) is 18.7 Å². The van der Waals surface area contributed by atoms with Crippen molar-refractivity contribution in [2.24, 2.45) is 0 Å². The van der Waals surface area contributed by atoms with E-state index in [1.165, 1.54) is 0 Å². The Kier molecular flexibility index (Phi) is 4.95. The molecule has 0 aliphatic heterocycles. The van der Waals surface area contributed by atoms with Gasteiger partial charge in [0.05, 0.1) is 12.1 Å². The SMILES string of the molecule is CCS(=O)(=O)CC(C)NCCc1cnc[nH]1. The molecule has 2 N–H and O–H groups in total. The molecule has 0 aromatic carbocycles. The van der Waals surface area contributed by atoms with Gasteiger partial charge >= 0.3 is 0 Å². The lowest BCUT2D eigenvalue weighted by Crippen LogP contribution is -2.34. The fourth-order valence-corrected chi connectivity index (χ4v) is 2.55. The van der Waals surface area contributed by atoms with E-state index in [1.54, 1.807) is 19.4 Å². The lowest BCUT2D eigenvalue weighted by atomic mass is 10.3. The van der Waals surface area contributed by atoms with Crippen LogP contribution in [0.25, 0.3) is 0 Å². The van der Waals surface area contributed by atoms with E-state index in [2.05, 4.69) is 15.3 Å². The summed E-state index contributed by atoms with van der Waals surface area (Å²) >= 11 is 0. The van der Waals surface area contributed by atoms with E-state index in [9.17, 15) is 8.42 Å². The molecule has 6 heteroatoms. The van der Waals surface area contributed by atoms with E-state index in [0.29, 0.717) is 0 Å². The summed E-state index contributed by atoms with van der Waals surface area (Å²) in [4.78, 5) is 6.91. The zero-order valence-corrected chi connectivity index (χ0v) is 10.5. The van der Waals surface area contributed by atoms with Crippen molar-refractivity contribution in [3.05, 3.63) is 18.2 Å². The third kappa shape index (κ3) is 4.76. The largest absolute Gasteiger partial charge is 0.348 e. The first kappa shape index (κ1) is 13.2. The topological polar surface area (TPSA) is 74.8 Å². The highest BCUT2D eigenvalue weighted by Crippen LogP contribution is 1.95. The van der Waals surface area contributed by atoms with Crippen LogP contribution >= 0.6 is 0 Å². The minimum absolute atomic E-state index is 0.00660. The van der Waals surface area contributed by atoms with Crippen molar-refractivity contribution in [1.82, 2.24) is 15.3 Å². The molecule has 5 nitrogen and oxygen atoms in total. The molecule has 0 aliphatic carbocycles. The lowest BCUT2D eigenvalue weighted by molar-refractivity contribution is 0.558. The predicted molar refractivity (Wildman–Crippen MR) is 64.1 cm³/mol. The van der Waals surface area contributed by atoms with Crippen molar-refractivity contribution in [2.75, 3.05) is 18.1 Å². The van der Waals surface area contributed by atoms with Crippen molar-refractivity contribution in [1.29, 1.82) is 0 Å². The molecule has 0 fully saturated rings. The van der Waals surface area contributed by atoms with Crippen molar-refractivity contribution in [3.8, 4) is 0 Å². The van der Waals surface area contributed by atoms with Crippen LogP contribution < -0.4 is 5.32 Å². The van der Waals surface area contributed by atoms with Gasteiger partial charge in [-0.15, -0.1) is 0 Å². The van der Waals surface area contributed by atoms with Gasteiger partial charge in [-0.2, -0.15) is 0 Å². The molecular formula is C10H19N3O2S. The highest BCUT2D eigenvalue weighted by molar-refractivity contribution is 7.91. The molecule has 16 heavy (non-hydrogen) atoms. The average Bonchev–Trinajstić information content (AvgIpc) is 2.70. The number of sulfone groups is 1. The van der Waals surface area contributed by atoms with E-state index >= 15 is 0 Å². The first-order valence-corrected chi connectivity index (χ1v) is 7.26. The Balaban J connectivity index is 2.23. The maximum atomic E-state index is 11.3. The number of imidazole rings is 1. The minimum atomic E-state index is -2.89. The third-order valence-corrected chi connectivity index (χ3v) is 4.27. The molecule has 1 heterocycles. The summed E-state index contributed by atoms with van der Waals surface area (Å²) < 4.78 is 22.7. The maximum absolute atomic E-state index is 11.3. The monoisotopic (exact) mass is 245 g/mol. The number of aromatic amines is 1. The zero-order chi connectivity index (χ0) is 12.0. The van der Waals surface area contributed by atoms with E-state index in [4.69, 9.17) is 0 Å². The normalized spacial score (nSPS) is 13.9. The number of aromatic nitrogens is 2. The van der Waals surface area contributed by atoms with Crippen molar-refractivity contribution >= 4 is 9.84 Å². The minimum Gasteiger partial charge on any atom is -0.348 e. The number of nitrogens with one attached hydrogen (secondary N) is 2. The molecule has 0 spiro atoms. The quantitative estimate of drug-likeness (QED) is 0.727. The van der Waals surface area contributed by atoms with Crippen LogP contribution in [0.2, 0.25) is 0 Å². The first-order chi connectivity index (χ1) is 7.53. The van der Waals surface area contributed by atoms with Gasteiger partial charge in [0.15, 0.2) is 9.84 Å². The Morgan fingerprint density at radius 3 is 2.88 bits per heavy atom. The molecule has 1 atom stereocenters. The second kappa shape index (κ2) is 6.00. The van der Waals surface area contributed by atoms with Crippen molar-refractivity contribution < 1.29 is 8.42 Å². The Morgan fingerprint density at radius 1 is 1.56 bits per heavy atom. The van der Waals surface area contributed by atoms with Gasteiger partial charge in [-0.05, 0) is 6.92 Å². The molecule has 1 aromatic rings. The highest BCUT2D eigenvalue weighted by atomic mass is 32.2. The smallest absolute Gasteiger partial charge is 0.151 e. The number of H-pyrrole nitrogens is 1. The fourth-order valence-electron chi connectivity index (χ4n) is 1.43. The Labute approximate surface area is 96.6 Å². The summed E-state index contributed by atoms with van der Waals surface area (Å²) in [5.41, 5.74) is 1.05. The molecule has 0 saturated heterocycles. The first-order valence-electron chi connectivity index (χ1n) is 5.44. The van der Waals surface area contributed by atoms with Crippen LogP contribution in [0.15, 0.2) is 12.5 Å². The van der Waals surface area contributed by atoms with Crippen LogP contribution in [0.1, 0.15) is 19.5 Å². The van der Waals surface area contributed by atoms with E-state index in [1.807, 2.05) is 6.92 Å². The van der Waals surface area contributed by atoms with Gasteiger partial charge in [0.25, 0.3) is 0 Å². The van der Waals surface area contributed by atoms with Gasteiger partial charge in [-0.1, -0.05) is 6.92 Å². The molecule has 0 aliphatic rings. The number of hydrogen-bond donors (Lipinski definition) is 2. The molecule has 0 bridgehead atoms. The second-order valence-corrected chi connectivity index (χ2v) is 6.28. The molecule has 1 unspecified atom stereocenters. The summed E-state index contributed by atoms with van der Waals surface area (Å²) in [6.45, 7) is 4.31. The summed E-state index contributed by atoms with van der Waals surface area (Å²) in [7, 11) is -2.89. The lowest BCUT2D eigenvalue weighted by Gasteiger charge is -2.12. The van der Waals surface area contributed by atoms with Gasteiger partial charge < -0.3 is 10.3 Å². The highest BCUT2D eigenvalue weighted by Gasteiger charge is 2.12. The number of nitrogens with zero attached hydrogens (tertiary/aromatic N) is 1. The van der Waals surface area contributed by atoms with E-state index < -0.39 is 9.84 Å². The van der Waals surface area contributed by atoms with Crippen molar-refractivity contribution in [2.45, 2.75) is 26.3 Å². The van der Waals surface area contributed by atoms with Gasteiger partial charge in [-0.25, -0.2) is 13.4 Å². The Morgan fingerprint density at radius 2 is 2.31 bits per heavy atom. The van der Waals surface area contributed by atoms with Crippen LogP contribution in [0, 0.1) is 0 Å². The average molecular weight is 245 g/mol. The van der Waals surface area contributed by atoms with Crippen LogP contribution in [-0.4, -0.2) is 42.5 Å². The molecule has 1 aromatic heterocycles. The molecular weight excluding hydrogens is 226 g/mol. The predicted octanol–water partition coefficient (Wildman–Crippen LogP) is 0.365. The molecule has 92 valence electrons. The molecule has 1 rings (SSSR count). The fraction of sp³-hybridized carbons (Fsp3) is 0.700. The van der Waals surface area contributed by atoms with Gasteiger partial charge in [-0.3, -0.25) is 0 Å². The Hall–Kier alpha value is -0.880. The standard InChI is InChI=1S/C10H19N3O2S/c1-3-16(14,15)7-9(2)12-5-4-10-6-11-8-13-10/h6,8-9,12H,3-5,7H2,1-2H3,(H,11,13). The number of hydrogen-bond acceptors (Lipinski definition) is 4. The maximum Gasteiger partial charge on any atom is 0.151 e. The van der Waals surface area contributed by atoms with Crippen LogP contribution in [0.3, 0.4) is 0 Å². The molecule has 0 amide bonds. The van der Waals surface area contributed by atoms with Crippen LogP contribution in [-0.2, 0) is 16.3 Å². The number of rotatable bonds is 7. The van der Waals surface area contributed by atoms with Gasteiger partial charge in [0.2, 0.25) is 0 Å². The van der Waals surface area contributed by atoms with E-state index in [-0.39, 0.29) is 17.5 Å². The molecule has 0 radical (unpaired) electrons. The second-order valence-electron chi connectivity index (χ2n) is 3.88. The summed E-state index contributed by atoms with van der Waals surface area (Å²) in [6.07, 6.45) is 4.24. The third-order valence-electron chi connectivity index (χ3n) is 2.39. The summed E-state index contributed by atoms with van der Waals surface area (Å²) in [6, 6.07) is -0.00660. The Bertz CT molecular complexity index is 386. The van der Waals surface area contributed by atoms with Gasteiger partial charge in [0, 0.05) is 36.7 Å². The van der Waals surface area contributed by atoms with Crippen LogP contribution in [0.4, 0.5) is 0 Å².